The summed E-state index contributed by atoms with van der Waals surface area (Å²) in [6.07, 6.45) is 0.908. The van der Waals surface area contributed by atoms with Crippen molar-refractivity contribution < 1.29 is 23.0 Å². The van der Waals surface area contributed by atoms with Gasteiger partial charge in [-0.25, -0.2) is 0 Å². The van der Waals surface area contributed by atoms with Crippen molar-refractivity contribution in [2.75, 3.05) is 38.3 Å². The summed E-state index contributed by atoms with van der Waals surface area (Å²) in [5.41, 5.74) is 3.15. The number of alkyl halides is 2. The third-order valence-corrected chi connectivity index (χ3v) is 4.93. The van der Waals surface area contributed by atoms with Gasteiger partial charge in [0.15, 0.2) is 0 Å². The van der Waals surface area contributed by atoms with E-state index in [9.17, 15) is 13.6 Å². The van der Waals surface area contributed by atoms with Crippen LogP contribution in [0.15, 0.2) is 48.5 Å². The van der Waals surface area contributed by atoms with Crippen molar-refractivity contribution in [1.82, 2.24) is 4.90 Å². The normalized spacial score (nSPS) is 14.1. The number of carbonyl (C=O) groups is 1. The van der Waals surface area contributed by atoms with E-state index in [1.165, 1.54) is 17.8 Å². The van der Waals surface area contributed by atoms with Crippen LogP contribution in [0, 0.1) is 0 Å². The second kappa shape index (κ2) is 10.2. The SMILES string of the molecule is CN(Cc1ccc(N2CCOCC2)cc1)C(=O)CCc1ccc(OC(F)F)cc1. The molecule has 2 aromatic carbocycles. The highest BCUT2D eigenvalue weighted by Gasteiger charge is 2.13. The largest absolute Gasteiger partial charge is 0.435 e. The van der Waals surface area contributed by atoms with Gasteiger partial charge >= 0.3 is 6.61 Å². The van der Waals surface area contributed by atoms with Crippen LogP contribution >= 0.6 is 0 Å². The van der Waals surface area contributed by atoms with Crippen LogP contribution in [0.1, 0.15) is 17.5 Å². The van der Waals surface area contributed by atoms with Crippen LogP contribution in [0.5, 0.6) is 5.75 Å². The quantitative estimate of drug-likeness (QED) is 0.673. The lowest BCUT2D eigenvalue weighted by atomic mass is 10.1. The van der Waals surface area contributed by atoms with Crippen LogP contribution < -0.4 is 9.64 Å². The van der Waals surface area contributed by atoms with Crippen LogP contribution in [0.25, 0.3) is 0 Å². The molecule has 0 spiro atoms. The van der Waals surface area contributed by atoms with Crippen LogP contribution in [-0.2, 0) is 22.5 Å². The molecule has 0 unspecified atom stereocenters. The first-order valence-corrected chi connectivity index (χ1v) is 9.70. The molecule has 1 amide bonds. The summed E-state index contributed by atoms with van der Waals surface area (Å²) >= 11 is 0. The first-order chi connectivity index (χ1) is 14.0. The maximum absolute atomic E-state index is 12.4. The number of benzene rings is 2. The van der Waals surface area contributed by atoms with E-state index in [1.54, 1.807) is 24.1 Å². The van der Waals surface area contributed by atoms with Gasteiger partial charge in [0.05, 0.1) is 13.2 Å². The molecule has 0 bridgehead atoms. The van der Waals surface area contributed by atoms with Gasteiger partial charge in [-0.15, -0.1) is 0 Å². The third-order valence-electron chi connectivity index (χ3n) is 4.93. The molecule has 5 nitrogen and oxygen atoms in total. The standard InChI is InChI=1S/C22H26F2N2O3/c1-25(16-18-2-7-19(8-3-18)26-12-14-28-15-13-26)21(27)11-6-17-4-9-20(10-5-17)29-22(23)24/h2-5,7-10,22H,6,11-16H2,1H3. The van der Waals surface area contributed by atoms with E-state index >= 15 is 0 Å². The maximum Gasteiger partial charge on any atom is 0.387 e. The number of halogens is 2. The highest BCUT2D eigenvalue weighted by molar-refractivity contribution is 5.76. The fourth-order valence-corrected chi connectivity index (χ4v) is 3.28. The average Bonchev–Trinajstić information content (AvgIpc) is 2.74. The Balaban J connectivity index is 1.46. The Bertz CT molecular complexity index is 776. The Hall–Kier alpha value is -2.67. The van der Waals surface area contributed by atoms with Crippen LogP contribution in [-0.4, -0.2) is 50.8 Å². The lowest BCUT2D eigenvalue weighted by Crippen LogP contribution is -2.36. The van der Waals surface area contributed by atoms with E-state index in [1.807, 2.05) is 0 Å². The highest BCUT2D eigenvalue weighted by atomic mass is 19.3. The van der Waals surface area contributed by atoms with Gasteiger partial charge in [0.2, 0.25) is 5.91 Å². The molecule has 2 aromatic rings. The molecule has 1 aliphatic rings. The van der Waals surface area contributed by atoms with E-state index in [0.29, 0.717) is 19.4 Å². The minimum absolute atomic E-state index is 0.0372. The van der Waals surface area contributed by atoms with Crippen LogP contribution in [0.3, 0.4) is 0 Å². The lowest BCUT2D eigenvalue weighted by molar-refractivity contribution is -0.130. The topological polar surface area (TPSA) is 42.0 Å². The van der Waals surface area contributed by atoms with Gasteiger partial charge in [-0.3, -0.25) is 4.79 Å². The summed E-state index contributed by atoms with van der Waals surface area (Å²) in [4.78, 5) is 16.4. The van der Waals surface area contributed by atoms with E-state index in [2.05, 4.69) is 33.9 Å². The zero-order valence-electron chi connectivity index (χ0n) is 16.5. The third kappa shape index (κ3) is 6.42. The zero-order valence-corrected chi connectivity index (χ0v) is 16.5. The summed E-state index contributed by atoms with van der Waals surface area (Å²) in [7, 11) is 1.79. The second-order valence-electron chi connectivity index (χ2n) is 7.04. The van der Waals surface area contributed by atoms with Gasteiger partial charge in [-0.05, 0) is 41.8 Å². The summed E-state index contributed by atoms with van der Waals surface area (Å²) in [6.45, 7) is 1.00. The van der Waals surface area contributed by atoms with Gasteiger partial charge in [0.1, 0.15) is 5.75 Å². The Morgan fingerprint density at radius 1 is 1.07 bits per heavy atom. The molecule has 156 valence electrons. The zero-order chi connectivity index (χ0) is 20.6. The van der Waals surface area contributed by atoms with Gasteiger partial charge in [0.25, 0.3) is 0 Å². The number of hydrogen-bond acceptors (Lipinski definition) is 4. The Kier molecular flexibility index (Phi) is 7.41. The summed E-state index contributed by atoms with van der Waals surface area (Å²) < 4.78 is 34.1. The second-order valence-corrected chi connectivity index (χ2v) is 7.04. The smallest absolute Gasteiger partial charge is 0.387 e. The number of anilines is 1. The maximum atomic E-state index is 12.4. The van der Waals surface area contributed by atoms with Gasteiger partial charge in [0, 0.05) is 38.8 Å². The predicted octanol–water partition coefficient (Wildman–Crippen LogP) is 3.72. The molecule has 7 heteroatoms. The average molecular weight is 404 g/mol. The number of carbonyl (C=O) groups excluding carboxylic acids is 1. The van der Waals surface area contributed by atoms with Crippen molar-refractivity contribution in [3.05, 3.63) is 59.7 Å². The number of ether oxygens (including phenoxy) is 2. The molecular formula is C22H26F2N2O3. The van der Waals surface area contributed by atoms with Crippen molar-refractivity contribution in [1.29, 1.82) is 0 Å². The summed E-state index contributed by atoms with van der Waals surface area (Å²) in [5.74, 6) is 0.155. The number of nitrogens with zero attached hydrogens (tertiary/aromatic N) is 2. The number of aryl methyl sites for hydroxylation is 1. The Morgan fingerprint density at radius 3 is 2.31 bits per heavy atom. The molecule has 1 fully saturated rings. The van der Waals surface area contributed by atoms with Gasteiger partial charge < -0.3 is 19.3 Å². The minimum Gasteiger partial charge on any atom is -0.435 e. The van der Waals surface area contributed by atoms with E-state index < -0.39 is 6.61 Å². The van der Waals surface area contributed by atoms with E-state index in [0.717, 1.165) is 37.4 Å². The molecule has 1 saturated heterocycles. The van der Waals surface area contributed by atoms with Crippen molar-refractivity contribution >= 4 is 11.6 Å². The molecular weight excluding hydrogens is 378 g/mol. The van der Waals surface area contributed by atoms with Crippen LogP contribution in [0.4, 0.5) is 14.5 Å². The fraction of sp³-hybridized carbons (Fsp3) is 0.409. The minimum atomic E-state index is -2.83. The number of hydrogen-bond donors (Lipinski definition) is 0. The van der Waals surface area contributed by atoms with Gasteiger partial charge in [-0.2, -0.15) is 8.78 Å². The molecule has 1 aliphatic heterocycles. The number of rotatable bonds is 8. The molecule has 29 heavy (non-hydrogen) atoms. The molecule has 0 saturated carbocycles. The van der Waals surface area contributed by atoms with Crippen molar-refractivity contribution in [2.45, 2.75) is 26.0 Å². The Labute approximate surface area is 169 Å². The van der Waals surface area contributed by atoms with Crippen LogP contribution in [0.2, 0.25) is 0 Å². The summed E-state index contributed by atoms with van der Waals surface area (Å²) in [5, 5.41) is 0. The summed E-state index contributed by atoms with van der Waals surface area (Å²) in [6, 6.07) is 14.7. The van der Waals surface area contributed by atoms with E-state index in [-0.39, 0.29) is 11.7 Å². The van der Waals surface area contributed by atoms with Crippen molar-refractivity contribution in [2.24, 2.45) is 0 Å². The molecule has 3 rings (SSSR count). The molecule has 1 heterocycles. The monoisotopic (exact) mass is 404 g/mol. The predicted molar refractivity (Wildman–Crippen MR) is 107 cm³/mol. The van der Waals surface area contributed by atoms with Crippen molar-refractivity contribution in [3.63, 3.8) is 0 Å². The first kappa shape index (κ1) is 21.0. The molecule has 0 radical (unpaired) electrons. The van der Waals surface area contributed by atoms with Crippen molar-refractivity contribution in [3.8, 4) is 5.75 Å². The van der Waals surface area contributed by atoms with Gasteiger partial charge in [-0.1, -0.05) is 24.3 Å². The lowest BCUT2D eigenvalue weighted by Gasteiger charge is -2.29. The first-order valence-electron chi connectivity index (χ1n) is 9.70. The molecule has 0 aliphatic carbocycles. The fourth-order valence-electron chi connectivity index (χ4n) is 3.28. The van der Waals surface area contributed by atoms with E-state index in [4.69, 9.17) is 4.74 Å². The molecule has 0 N–H and O–H groups in total. The Morgan fingerprint density at radius 2 is 1.69 bits per heavy atom. The number of amides is 1. The molecule has 0 aromatic heterocycles. The highest BCUT2D eigenvalue weighted by Crippen LogP contribution is 2.18. The number of morpholine rings is 1. The molecule has 0 atom stereocenters.